The van der Waals surface area contributed by atoms with E-state index in [9.17, 15) is 0 Å². The number of rotatable bonds is 4. The van der Waals surface area contributed by atoms with Crippen LogP contribution in [0.5, 0.6) is 0 Å². The fourth-order valence-electron chi connectivity index (χ4n) is 1.19. The Balaban J connectivity index is 2.08. The number of nitrogens with zero attached hydrogens (tertiary/aromatic N) is 5. The van der Waals surface area contributed by atoms with Crippen LogP contribution in [-0.2, 0) is 12.4 Å². The molecule has 0 bridgehead atoms. The molecule has 7 heteroatoms. The van der Waals surface area contributed by atoms with Crippen LogP contribution in [0.25, 0.3) is 0 Å². The number of alkyl halides is 1. The van der Waals surface area contributed by atoms with Crippen molar-refractivity contribution < 1.29 is 4.52 Å². The lowest BCUT2D eigenvalue weighted by Gasteiger charge is -1.93. The van der Waals surface area contributed by atoms with E-state index >= 15 is 0 Å². The van der Waals surface area contributed by atoms with Gasteiger partial charge in [0.1, 0.15) is 6.54 Å². The molecule has 2 rings (SSSR count). The Morgan fingerprint density at radius 3 is 2.88 bits per heavy atom. The smallest absolute Gasteiger partial charge is 0.229 e. The van der Waals surface area contributed by atoms with Crippen LogP contribution in [0.4, 0.5) is 0 Å². The molecule has 86 valence electrons. The predicted molar refractivity (Wildman–Crippen MR) is 57.1 cm³/mol. The molecule has 6 nitrogen and oxygen atoms in total. The van der Waals surface area contributed by atoms with Gasteiger partial charge in [0.05, 0.1) is 17.8 Å². The highest BCUT2D eigenvalue weighted by Gasteiger charge is 2.10. The highest BCUT2D eigenvalue weighted by molar-refractivity contribution is 6.16. The van der Waals surface area contributed by atoms with Crippen molar-refractivity contribution in [3.8, 4) is 0 Å². The summed E-state index contributed by atoms with van der Waals surface area (Å²) in [5, 5.41) is 11.6. The zero-order valence-electron chi connectivity index (χ0n) is 9.09. The Kier molecular flexibility index (Phi) is 3.19. The zero-order chi connectivity index (χ0) is 11.5. The molecule has 0 aliphatic rings. The van der Waals surface area contributed by atoms with Crippen LogP contribution in [0.1, 0.15) is 37.2 Å². The molecule has 0 atom stereocenters. The summed E-state index contributed by atoms with van der Waals surface area (Å²) in [6, 6.07) is 0. The second-order valence-corrected chi connectivity index (χ2v) is 4.01. The first-order valence-corrected chi connectivity index (χ1v) is 5.50. The first kappa shape index (κ1) is 11.1. The maximum atomic E-state index is 5.62. The van der Waals surface area contributed by atoms with Crippen LogP contribution in [-0.4, -0.2) is 25.1 Å². The summed E-state index contributed by atoms with van der Waals surface area (Å²) < 4.78 is 6.71. The quantitative estimate of drug-likeness (QED) is 0.760. The maximum Gasteiger partial charge on any atom is 0.229 e. The van der Waals surface area contributed by atoms with E-state index in [1.54, 1.807) is 10.9 Å². The standard InChI is InChI=1S/C9H12ClN5O/c1-6(2)9-11-8(13-16-9)5-15-4-7(3-10)12-14-15/h4,6H,3,5H2,1-2H3. The average molecular weight is 242 g/mol. The van der Waals surface area contributed by atoms with Gasteiger partial charge in [-0.3, -0.25) is 0 Å². The van der Waals surface area contributed by atoms with Gasteiger partial charge in [-0.05, 0) is 0 Å². The number of halogens is 1. The lowest BCUT2D eigenvalue weighted by molar-refractivity contribution is 0.359. The molecule has 2 aromatic rings. The Morgan fingerprint density at radius 2 is 2.31 bits per heavy atom. The molecule has 0 aliphatic heterocycles. The molecule has 16 heavy (non-hydrogen) atoms. The molecule has 0 aromatic carbocycles. The summed E-state index contributed by atoms with van der Waals surface area (Å²) in [4.78, 5) is 4.24. The van der Waals surface area contributed by atoms with Crippen LogP contribution in [0.2, 0.25) is 0 Å². The van der Waals surface area contributed by atoms with Crippen LogP contribution >= 0.6 is 11.6 Å². The van der Waals surface area contributed by atoms with Gasteiger partial charge < -0.3 is 4.52 Å². The van der Waals surface area contributed by atoms with Gasteiger partial charge in [-0.25, -0.2) is 4.68 Å². The normalized spacial score (nSPS) is 11.2. The molecule has 0 N–H and O–H groups in total. The van der Waals surface area contributed by atoms with E-state index in [0.29, 0.717) is 24.1 Å². The molecule has 0 fully saturated rings. The van der Waals surface area contributed by atoms with Crippen LogP contribution in [0, 0.1) is 0 Å². The van der Waals surface area contributed by atoms with E-state index in [1.165, 1.54) is 0 Å². The Bertz CT molecular complexity index is 464. The first-order valence-electron chi connectivity index (χ1n) is 4.96. The zero-order valence-corrected chi connectivity index (χ0v) is 9.85. The summed E-state index contributed by atoms with van der Waals surface area (Å²) in [6.07, 6.45) is 1.76. The number of hydrogen-bond donors (Lipinski definition) is 0. The lowest BCUT2D eigenvalue weighted by atomic mass is 10.2. The molecule has 2 aromatic heterocycles. The molecule has 0 saturated carbocycles. The fourth-order valence-corrected chi connectivity index (χ4v) is 1.31. The second kappa shape index (κ2) is 4.61. The highest BCUT2D eigenvalue weighted by atomic mass is 35.5. The van der Waals surface area contributed by atoms with Gasteiger partial charge in [-0.2, -0.15) is 4.98 Å². The minimum Gasteiger partial charge on any atom is -0.339 e. The van der Waals surface area contributed by atoms with E-state index < -0.39 is 0 Å². The van der Waals surface area contributed by atoms with Gasteiger partial charge >= 0.3 is 0 Å². The average Bonchev–Trinajstić information content (AvgIpc) is 2.87. The summed E-state index contributed by atoms with van der Waals surface area (Å²) in [5.74, 6) is 1.81. The SMILES string of the molecule is CC(C)c1nc(Cn2cc(CCl)nn2)no1. The fraction of sp³-hybridized carbons (Fsp3) is 0.556. The van der Waals surface area contributed by atoms with E-state index in [1.807, 2.05) is 13.8 Å². The highest BCUT2D eigenvalue weighted by Crippen LogP contribution is 2.11. The third-order valence-electron chi connectivity index (χ3n) is 2.00. The van der Waals surface area contributed by atoms with Crippen LogP contribution in [0.3, 0.4) is 0 Å². The lowest BCUT2D eigenvalue weighted by Crippen LogP contribution is -2.02. The Hall–Kier alpha value is -1.43. The molecule has 0 amide bonds. The molecular weight excluding hydrogens is 230 g/mol. The van der Waals surface area contributed by atoms with Gasteiger partial charge in [-0.1, -0.05) is 24.2 Å². The summed E-state index contributed by atoms with van der Waals surface area (Å²) in [6.45, 7) is 4.44. The maximum absolute atomic E-state index is 5.62. The van der Waals surface area contributed by atoms with Crippen molar-refractivity contribution in [3.05, 3.63) is 23.6 Å². The summed E-state index contributed by atoms with van der Waals surface area (Å²) in [7, 11) is 0. The van der Waals surface area contributed by atoms with Crippen molar-refractivity contribution in [2.75, 3.05) is 0 Å². The van der Waals surface area contributed by atoms with Crippen molar-refractivity contribution >= 4 is 11.6 Å². The van der Waals surface area contributed by atoms with Gasteiger partial charge in [0.15, 0.2) is 5.82 Å². The Labute approximate surface area is 97.6 Å². The molecule has 2 heterocycles. The van der Waals surface area contributed by atoms with E-state index in [4.69, 9.17) is 16.1 Å². The molecule has 0 unspecified atom stereocenters. The molecule has 0 saturated heterocycles. The monoisotopic (exact) mass is 241 g/mol. The molecule has 0 spiro atoms. The van der Waals surface area contributed by atoms with Crippen LogP contribution in [0.15, 0.2) is 10.7 Å². The predicted octanol–water partition coefficient (Wildman–Crippen LogP) is 1.57. The molecule has 0 aliphatic carbocycles. The summed E-state index contributed by atoms with van der Waals surface area (Å²) in [5.41, 5.74) is 0.731. The van der Waals surface area contributed by atoms with E-state index in [2.05, 4.69) is 20.5 Å². The van der Waals surface area contributed by atoms with Crippen molar-refractivity contribution in [2.45, 2.75) is 32.2 Å². The van der Waals surface area contributed by atoms with Gasteiger partial charge in [-0.15, -0.1) is 16.7 Å². The Morgan fingerprint density at radius 1 is 1.50 bits per heavy atom. The van der Waals surface area contributed by atoms with Crippen molar-refractivity contribution in [1.82, 2.24) is 25.1 Å². The topological polar surface area (TPSA) is 69.6 Å². The van der Waals surface area contributed by atoms with Gasteiger partial charge in [0.2, 0.25) is 5.89 Å². The largest absolute Gasteiger partial charge is 0.339 e. The third-order valence-corrected chi connectivity index (χ3v) is 2.28. The number of hydrogen-bond acceptors (Lipinski definition) is 5. The summed E-state index contributed by atoms with van der Waals surface area (Å²) >= 11 is 5.62. The minimum absolute atomic E-state index is 0.232. The number of aromatic nitrogens is 5. The van der Waals surface area contributed by atoms with Crippen molar-refractivity contribution in [1.29, 1.82) is 0 Å². The van der Waals surface area contributed by atoms with Gasteiger partial charge in [0.25, 0.3) is 0 Å². The minimum atomic E-state index is 0.232. The molecule has 0 radical (unpaired) electrons. The third kappa shape index (κ3) is 2.38. The van der Waals surface area contributed by atoms with Crippen molar-refractivity contribution in [3.63, 3.8) is 0 Å². The molecular formula is C9H12ClN5O. The van der Waals surface area contributed by atoms with E-state index in [0.717, 1.165) is 5.69 Å². The van der Waals surface area contributed by atoms with Crippen LogP contribution < -0.4 is 0 Å². The van der Waals surface area contributed by atoms with Gasteiger partial charge in [0, 0.05) is 5.92 Å². The van der Waals surface area contributed by atoms with E-state index in [-0.39, 0.29) is 5.92 Å². The first-order chi connectivity index (χ1) is 7.69. The second-order valence-electron chi connectivity index (χ2n) is 3.74. The van der Waals surface area contributed by atoms with Crippen molar-refractivity contribution in [2.24, 2.45) is 0 Å².